The van der Waals surface area contributed by atoms with Crippen molar-refractivity contribution in [2.75, 3.05) is 55.3 Å². The second-order valence-corrected chi connectivity index (χ2v) is 10.3. The van der Waals surface area contributed by atoms with Gasteiger partial charge in [-0.25, -0.2) is 22.0 Å². The molecule has 2 heterocycles. The van der Waals surface area contributed by atoms with Crippen molar-refractivity contribution in [3.05, 3.63) is 23.8 Å². The lowest BCUT2D eigenvalue weighted by Gasteiger charge is -2.35. The molecule has 0 saturated carbocycles. The Morgan fingerprint density at radius 1 is 1.23 bits per heavy atom. The molecular weight excluding hydrogens is 450 g/mol. The lowest BCUT2D eigenvalue weighted by Crippen LogP contribution is -2.48. The molecule has 1 aromatic carbocycles. The Hall–Kier alpha value is -2.05. The number of thiocarbonyl (C=S) groups is 1. The molecule has 0 unspecified atom stereocenters. The van der Waals surface area contributed by atoms with Crippen LogP contribution >= 0.6 is 12.2 Å². The van der Waals surface area contributed by atoms with Gasteiger partial charge in [-0.05, 0) is 0 Å². The van der Waals surface area contributed by atoms with Crippen molar-refractivity contribution in [2.24, 2.45) is 5.92 Å². The number of piperazine rings is 1. The van der Waals surface area contributed by atoms with Crippen molar-refractivity contribution >= 4 is 44.7 Å². The van der Waals surface area contributed by atoms with Gasteiger partial charge in [-0.1, -0.05) is 26.1 Å². The standard InChI is InChI=1S/C19H26F2N4O4S2/c1-12(2)18(30)22-10-14-11-25(19(26)29-14)13-8-15(20)17(16(21)9-13)23-4-6-24(7-5-23)31(3,27)28/h8-9,12,14H,4-7,10-11H2,1-3H3,(H,22,30)/t14-/m0/s1. The number of nitrogens with zero attached hydrogens (tertiary/aromatic N) is 3. The molecule has 2 saturated heterocycles. The zero-order valence-corrected chi connectivity index (χ0v) is 19.2. The third-order valence-electron chi connectivity index (χ3n) is 5.24. The number of nitrogens with one attached hydrogen (secondary N) is 1. The number of hydrogen-bond donors (Lipinski definition) is 1. The molecule has 0 radical (unpaired) electrons. The number of benzene rings is 1. The van der Waals surface area contributed by atoms with Gasteiger partial charge < -0.3 is 15.0 Å². The SMILES string of the molecule is CC(C)C(=S)NC[C@H]1CN(c2cc(F)c(N3CCN(S(C)(=O)=O)CC3)c(F)c2)C(=O)O1. The number of sulfonamides is 1. The van der Waals surface area contributed by atoms with Crippen molar-refractivity contribution in [1.29, 1.82) is 0 Å². The molecule has 12 heteroatoms. The molecule has 1 atom stereocenters. The summed E-state index contributed by atoms with van der Waals surface area (Å²) >= 11 is 5.20. The van der Waals surface area contributed by atoms with E-state index in [-0.39, 0.29) is 50.0 Å². The summed E-state index contributed by atoms with van der Waals surface area (Å²) in [6, 6.07) is 2.19. The average Bonchev–Trinajstić information content (AvgIpc) is 3.05. The summed E-state index contributed by atoms with van der Waals surface area (Å²) in [5.74, 6) is -1.49. The van der Waals surface area contributed by atoms with Gasteiger partial charge >= 0.3 is 6.09 Å². The van der Waals surface area contributed by atoms with E-state index in [1.807, 2.05) is 13.8 Å². The Morgan fingerprint density at radius 3 is 2.32 bits per heavy atom. The number of hydrogen-bond acceptors (Lipinski definition) is 6. The predicted molar refractivity (Wildman–Crippen MR) is 118 cm³/mol. The fraction of sp³-hybridized carbons (Fsp3) is 0.579. The molecular formula is C19H26F2N4O4S2. The van der Waals surface area contributed by atoms with Crippen LogP contribution in [0, 0.1) is 17.6 Å². The average molecular weight is 477 g/mol. The molecule has 2 aliphatic heterocycles. The Kier molecular flexibility index (Phi) is 7.01. The van der Waals surface area contributed by atoms with Gasteiger partial charge in [0, 0.05) is 44.2 Å². The minimum absolute atomic E-state index is 0.0625. The third-order valence-corrected chi connectivity index (χ3v) is 7.16. The van der Waals surface area contributed by atoms with Crippen LogP contribution in [0.3, 0.4) is 0 Å². The van der Waals surface area contributed by atoms with Crippen molar-refractivity contribution in [3.63, 3.8) is 0 Å². The quantitative estimate of drug-likeness (QED) is 0.629. The Bertz CT molecular complexity index is 943. The van der Waals surface area contributed by atoms with Gasteiger partial charge in [0.25, 0.3) is 0 Å². The molecule has 31 heavy (non-hydrogen) atoms. The molecule has 1 aromatic rings. The second-order valence-electron chi connectivity index (χ2n) is 7.92. The van der Waals surface area contributed by atoms with Crippen LogP contribution in [0.15, 0.2) is 12.1 Å². The number of carbonyl (C=O) groups excluding carboxylic acids is 1. The van der Waals surface area contributed by atoms with Crippen LogP contribution in [-0.4, -0.2) is 75.4 Å². The van der Waals surface area contributed by atoms with E-state index < -0.39 is 33.9 Å². The summed E-state index contributed by atoms with van der Waals surface area (Å²) in [6.45, 7) is 4.94. The first-order chi connectivity index (χ1) is 14.5. The van der Waals surface area contributed by atoms with Crippen molar-refractivity contribution < 1.29 is 26.7 Å². The number of cyclic esters (lactones) is 1. The van der Waals surface area contributed by atoms with Crippen LogP contribution in [0.1, 0.15) is 13.8 Å². The van der Waals surface area contributed by atoms with E-state index in [9.17, 15) is 22.0 Å². The third kappa shape index (κ3) is 5.42. The maximum absolute atomic E-state index is 14.8. The lowest BCUT2D eigenvalue weighted by atomic mass is 10.2. The number of amides is 1. The minimum Gasteiger partial charge on any atom is -0.442 e. The molecule has 2 fully saturated rings. The zero-order valence-electron chi connectivity index (χ0n) is 17.6. The van der Waals surface area contributed by atoms with Crippen molar-refractivity contribution in [2.45, 2.75) is 20.0 Å². The van der Waals surface area contributed by atoms with Crippen LogP contribution in [0.5, 0.6) is 0 Å². The van der Waals surface area contributed by atoms with Crippen LogP contribution in [0.2, 0.25) is 0 Å². The van der Waals surface area contributed by atoms with E-state index in [1.165, 1.54) is 14.1 Å². The van der Waals surface area contributed by atoms with Crippen molar-refractivity contribution in [1.82, 2.24) is 9.62 Å². The smallest absolute Gasteiger partial charge is 0.414 e. The van der Waals surface area contributed by atoms with Crippen LogP contribution < -0.4 is 15.1 Å². The van der Waals surface area contributed by atoms with E-state index >= 15 is 0 Å². The Labute approximate surface area is 186 Å². The maximum Gasteiger partial charge on any atom is 0.414 e. The first kappa shape index (κ1) is 23.6. The van der Waals surface area contributed by atoms with E-state index in [0.717, 1.165) is 18.4 Å². The van der Waals surface area contributed by atoms with Gasteiger partial charge in [0.15, 0.2) is 11.6 Å². The second kappa shape index (κ2) is 9.21. The van der Waals surface area contributed by atoms with Crippen LogP contribution in [0.25, 0.3) is 0 Å². The van der Waals surface area contributed by atoms with Gasteiger partial charge in [0.05, 0.1) is 30.0 Å². The van der Waals surface area contributed by atoms with Gasteiger partial charge in [0.2, 0.25) is 10.0 Å². The van der Waals surface area contributed by atoms with E-state index in [0.29, 0.717) is 11.5 Å². The summed E-state index contributed by atoms with van der Waals surface area (Å²) in [4.78, 5) is 15.5. The molecule has 172 valence electrons. The minimum atomic E-state index is -3.35. The molecule has 1 amide bonds. The normalized spacial score (nSPS) is 20.3. The summed E-state index contributed by atoms with van der Waals surface area (Å²) < 4.78 is 59.5. The fourth-order valence-corrected chi connectivity index (χ4v) is 4.42. The fourth-order valence-electron chi connectivity index (χ4n) is 3.51. The molecule has 0 spiro atoms. The number of halogens is 2. The first-order valence-electron chi connectivity index (χ1n) is 9.92. The van der Waals surface area contributed by atoms with E-state index in [1.54, 1.807) is 0 Å². The summed E-state index contributed by atoms with van der Waals surface area (Å²) in [5.41, 5.74) is -0.169. The molecule has 8 nitrogen and oxygen atoms in total. The van der Waals surface area contributed by atoms with Gasteiger partial charge in [-0.3, -0.25) is 4.90 Å². The monoisotopic (exact) mass is 476 g/mol. The highest BCUT2D eigenvalue weighted by Crippen LogP contribution is 2.31. The van der Waals surface area contributed by atoms with Crippen molar-refractivity contribution in [3.8, 4) is 0 Å². The molecule has 2 aliphatic rings. The molecule has 0 bridgehead atoms. The maximum atomic E-state index is 14.8. The lowest BCUT2D eigenvalue weighted by molar-refractivity contribution is 0.143. The molecule has 3 rings (SSSR count). The number of anilines is 2. The predicted octanol–water partition coefficient (Wildman–Crippen LogP) is 1.94. The molecule has 0 aliphatic carbocycles. The van der Waals surface area contributed by atoms with Gasteiger partial charge in [-0.2, -0.15) is 4.31 Å². The topological polar surface area (TPSA) is 82.2 Å². The Balaban J connectivity index is 1.69. The number of ether oxygens (including phenoxy) is 1. The first-order valence-corrected chi connectivity index (χ1v) is 12.2. The van der Waals surface area contributed by atoms with Crippen LogP contribution in [-0.2, 0) is 14.8 Å². The van der Waals surface area contributed by atoms with E-state index in [4.69, 9.17) is 17.0 Å². The highest BCUT2D eigenvalue weighted by Gasteiger charge is 2.34. The summed E-state index contributed by atoms with van der Waals surface area (Å²) in [7, 11) is -3.35. The summed E-state index contributed by atoms with van der Waals surface area (Å²) in [5, 5.41) is 3.03. The largest absolute Gasteiger partial charge is 0.442 e. The van der Waals surface area contributed by atoms with Crippen LogP contribution in [0.4, 0.5) is 25.0 Å². The van der Waals surface area contributed by atoms with Gasteiger partial charge in [0.1, 0.15) is 11.8 Å². The highest BCUT2D eigenvalue weighted by atomic mass is 32.2. The number of rotatable bonds is 6. The van der Waals surface area contributed by atoms with Gasteiger partial charge in [-0.15, -0.1) is 0 Å². The number of carbonyl (C=O) groups is 1. The molecule has 0 aromatic heterocycles. The van der Waals surface area contributed by atoms with E-state index in [2.05, 4.69) is 5.32 Å². The Morgan fingerprint density at radius 2 is 1.81 bits per heavy atom. The highest BCUT2D eigenvalue weighted by molar-refractivity contribution is 7.88. The zero-order chi connectivity index (χ0) is 22.9. The molecule has 1 N–H and O–H groups in total. The summed E-state index contributed by atoms with van der Waals surface area (Å²) in [6.07, 6.45) is -0.0814.